The number of carbonyl (C=O) groups is 1. The molecule has 2 atom stereocenters. The van der Waals surface area contributed by atoms with Crippen LogP contribution in [0.2, 0.25) is 0 Å². The highest BCUT2D eigenvalue weighted by atomic mass is 35.5. The van der Waals surface area contributed by atoms with Crippen molar-refractivity contribution in [2.75, 3.05) is 19.3 Å². The first-order chi connectivity index (χ1) is 7.26. The van der Waals surface area contributed by atoms with Crippen molar-refractivity contribution in [3.05, 3.63) is 0 Å². The second-order valence-electron chi connectivity index (χ2n) is 3.82. The molecule has 0 bridgehead atoms. The van der Waals surface area contributed by atoms with Gasteiger partial charge in [-0.05, 0) is 20.4 Å². The molecule has 17 heavy (non-hydrogen) atoms. The van der Waals surface area contributed by atoms with Crippen LogP contribution in [0.4, 0.5) is 0 Å². The molecule has 0 fully saturated rings. The zero-order valence-electron chi connectivity index (χ0n) is 10.6. The van der Waals surface area contributed by atoms with Gasteiger partial charge in [0.25, 0.3) is 0 Å². The molecule has 0 aromatic heterocycles. The number of hydrogen-bond acceptors (Lipinski definition) is 4. The third kappa shape index (κ3) is 10.5. The fourth-order valence-electron chi connectivity index (χ4n) is 1.20. The van der Waals surface area contributed by atoms with Gasteiger partial charge >= 0.3 is 0 Å². The quantitative estimate of drug-likeness (QED) is 0.587. The van der Waals surface area contributed by atoms with Crippen molar-refractivity contribution >= 4 is 28.3 Å². The Kier molecular flexibility index (Phi) is 9.69. The van der Waals surface area contributed by atoms with Crippen LogP contribution >= 0.6 is 12.4 Å². The molecule has 0 aromatic carbocycles. The molecule has 104 valence electrons. The van der Waals surface area contributed by atoms with E-state index in [1.165, 1.54) is 6.92 Å². The van der Waals surface area contributed by atoms with Gasteiger partial charge in [-0.3, -0.25) is 4.79 Å². The van der Waals surface area contributed by atoms with Gasteiger partial charge in [-0.25, -0.2) is 13.1 Å². The maximum absolute atomic E-state index is 11.5. The third-order valence-electron chi connectivity index (χ3n) is 1.92. The summed E-state index contributed by atoms with van der Waals surface area (Å²) in [5, 5.41) is 5.80. The summed E-state index contributed by atoms with van der Waals surface area (Å²) in [5.41, 5.74) is 0. The largest absolute Gasteiger partial charge is 0.353 e. The van der Waals surface area contributed by atoms with Crippen molar-refractivity contribution in [2.24, 2.45) is 0 Å². The Labute approximate surface area is 109 Å². The molecule has 0 heterocycles. The van der Waals surface area contributed by atoms with E-state index in [2.05, 4.69) is 15.4 Å². The molecule has 0 rings (SSSR count). The van der Waals surface area contributed by atoms with Crippen LogP contribution in [0.1, 0.15) is 20.8 Å². The Balaban J connectivity index is 0. The lowest BCUT2D eigenvalue weighted by atomic mass is 10.3. The first-order valence-electron chi connectivity index (χ1n) is 5.24. The molecule has 0 saturated carbocycles. The van der Waals surface area contributed by atoms with Gasteiger partial charge in [0.15, 0.2) is 0 Å². The molecule has 1 unspecified atom stereocenters. The molecular formula is C9H22ClN3O3S. The van der Waals surface area contributed by atoms with Crippen LogP contribution in [0.15, 0.2) is 0 Å². The maximum Gasteiger partial charge on any atom is 0.237 e. The minimum atomic E-state index is -3.34. The lowest BCUT2D eigenvalue weighted by molar-refractivity contribution is -0.122. The van der Waals surface area contributed by atoms with Gasteiger partial charge in [0.2, 0.25) is 15.9 Å². The van der Waals surface area contributed by atoms with Crippen molar-refractivity contribution in [3.63, 3.8) is 0 Å². The van der Waals surface area contributed by atoms with E-state index >= 15 is 0 Å². The average Bonchev–Trinajstić information content (AvgIpc) is 2.11. The van der Waals surface area contributed by atoms with Gasteiger partial charge < -0.3 is 10.6 Å². The minimum absolute atomic E-state index is 0. The Morgan fingerprint density at radius 2 is 1.82 bits per heavy atom. The Morgan fingerprint density at radius 3 is 2.24 bits per heavy atom. The fourth-order valence-corrected chi connectivity index (χ4v) is 1.95. The van der Waals surface area contributed by atoms with Crippen LogP contribution in [0.25, 0.3) is 0 Å². The topological polar surface area (TPSA) is 87.3 Å². The number of likely N-dealkylation sites (N-methyl/N-ethyl adjacent to an activating group) is 1. The zero-order chi connectivity index (χ0) is 12.8. The van der Waals surface area contributed by atoms with Gasteiger partial charge in [0, 0.05) is 12.6 Å². The normalized spacial score (nSPS) is 14.6. The molecular weight excluding hydrogens is 266 g/mol. The number of amides is 1. The summed E-state index contributed by atoms with van der Waals surface area (Å²) in [6, 6.07) is -0.580. The Hall–Kier alpha value is -0.370. The predicted molar refractivity (Wildman–Crippen MR) is 70.8 cm³/mol. The summed E-state index contributed by atoms with van der Waals surface area (Å²) < 4.78 is 24.0. The molecule has 0 aliphatic heterocycles. The van der Waals surface area contributed by atoms with Crippen molar-refractivity contribution in [1.82, 2.24) is 15.4 Å². The van der Waals surface area contributed by atoms with Crippen molar-refractivity contribution in [2.45, 2.75) is 32.9 Å². The van der Waals surface area contributed by atoms with Gasteiger partial charge in [-0.2, -0.15) is 0 Å². The molecule has 0 aliphatic rings. The molecule has 0 radical (unpaired) electrons. The molecule has 3 N–H and O–H groups in total. The molecule has 0 spiro atoms. The van der Waals surface area contributed by atoms with E-state index in [0.717, 1.165) is 12.8 Å². The van der Waals surface area contributed by atoms with E-state index in [1.807, 2.05) is 13.8 Å². The lowest BCUT2D eigenvalue weighted by Gasteiger charge is -2.16. The standard InChI is InChI=1S/C9H21N3O3S.ClH/c1-5-10-7(2)6-11-9(13)8(3)12-16(4,14)15;/h7-8,10,12H,5-6H2,1-4H3,(H,11,13);1H/t7-,8?;/m1./s1. The summed E-state index contributed by atoms with van der Waals surface area (Å²) in [4.78, 5) is 11.5. The highest BCUT2D eigenvalue weighted by molar-refractivity contribution is 7.88. The summed E-state index contributed by atoms with van der Waals surface area (Å²) in [5.74, 6) is -0.324. The molecule has 0 aliphatic carbocycles. The second-order valence-corrected chi connectivity index (χ2v) is 5.60. The average molecular weight is 288 g/mol. The molecule has 6 nitrogen and oxygen atoms in total. The number of halogens is 1. The first kappa shape index (κ1) is 19.0. The minimum Gasteiger partial charge on any atom is -0.353 e. The predicted octanol–water partition coefficient (Wildman–Crippen LogP) is -0.540. The molecule has 0 saturated heterocycles. The lowest BCUT2D eigenvalue weighted by Crippen LogP contribution is -2.47. The van der Waals surface area contributed by atoms with Gasteiger partial charge in [0.05, 0.1) is 12.3 Å². The van der Waals surface area contributed by atoms with Crippen LogP contribution in [0, 0.1) is 0 Å². The van der Waals surface area contributed by atoms with E-state index in [-0.39, 0.29) is 24.4 Å². The zero-order valence-corrected chi connectivity index (χ0v) is 12.2. The third-order valence-corrected chi connectivity index (χ3v) is 2.70. The fraction of sp³-hybridized carbons (Fsp3) is 0.889. The smallest absolute Gasteiger partial charge is 0.237 e. The molecule has 8 heteroatoms. The van der Waals surface area contributed by atoms with Crippen LogP contribution < -0.4 is 15.4 Å². The SMILES string of the molecule is CCN[C@H](C)CNC(=O)C(C)NS(C)(=O)=O.Cl. The second kappa shape index (κ2) is 8.68. The summed E-state index contributed by atoms with van der Waals surface area (Å²) in [6.45, 7) is 6.73. The number of rotatable bonds is 7. The van der Waals surface area contributed by atoms with E-state index in [0.29, 0.717) is 6.54 Å². The summed E-state index contributed by atoms with van der Waals surface area (Å²) >= 11 is 0. The summed E-state index contributed by atoms with van der Waals surface area (Å²) in [7, 11) is -3.34. The van der Waals surface area contributed by atoms with Gasteiger partial charge in [-0.15, -0.1) is 12.4 Å². The number of hydrogen-bond donors (Lipinski definition) is 3. The van der Waals surface area contributed by atoms with Crippen molar-refractivity contribution in [1.29, 1.82) is 0 Å². The van der Waals surface area contributed by atoms with Crippen molar-refractivity contribution in [3.8, 4) is 0 Å². The van der Waals surface area contributed by atoms with Crippen molar-refractivity contribution < 1.29 is 13.2 Å². The van der Waals surface area contributed by atoms with Crippen LogP contribution in [0.3, 0.4) is 0 Å². The van der Waals surface area contributed by atoms with E-state index in [9.17, 15) is 13.2 Å². The van der Waals surface area contributed by atoms with Gasteiger partial charge in [0.1, 0.15) is 0 Å². The molecule has 0 aromatic rings. The highest BCUT2D eigenvalue weighted by Gasteiger charge is 2.16. The monoisotopic (exact) mass is 287 g/mol. The van der Waals surface area contributed by atoms with E-state index in [4.69, 9.17) is 0 Å². The van der Waals surface area contributed by atoms with Crippen LogP contribution in [-0.2, 0) is 14.8 Å². The maximum atomic E-state index is 11.5. The number of sulfonamides is 1. The van der Waals surface area contributed by atoms with E-state index in [1.54, 1.807) is 0 Å². The summed E-state index contributed by atoms with van der Waals surface area (Å²) in [6.07, 6.45) is 1.03. The highest BCUT2D eigenvalue weighted by Crippen LogP contribution is 1.87. The van der Waals surface area contributed by atoms with Crippen LogP contribution in [0.5, 0.6) is 0 Å². The van der Waals surface area contributed by atoms with Crippen LogP contribution in [-0.4, -0.2) is 45.8 Å². The Bertz CT molecular complexity index is 321. The Morgan fingerprint density at radius 1 is 1.29 bits per heavy atom. The first-order valence-corrected chi connectivity index (χ1v) is 7.13. The molecule has 1 amide bonds. The number of nitrogens with one attached hydrogen (secondary N) is 3. The van der Waals surface area contributed by atoms with E-state index < -0.39 is 16.1 Å². The number of carbonyl (C=O) groups excluding carboxylic acids is 1. The van der Waals surface area contributed by atoms with Gasteiger partial charge in [-0.1, -0.05) is 6.92 Å².